The second kappa shape index (κ2) is 5.04. The largest absolute Gasteiger partial charge is 0.326 e. The predicted octanol–water partition coefficient (Wildman–Crippen LogP) is 2.60. The second-order valence-corrected chi connectivity index (χ2v) is 4.28. The first-order valence-electron chi connectivity index (χ1n) is 6.14. The van der Waals surface area contributed by atoms with Crippen LogP contribution in [0.3, 0.4) is 0 Å². The summed E-state index contributed by atoms with van der Waals surface area (Å²) >= 11 is 0. The third-order valence-electron chi connectivity index (χ3n) is 2.95. The van der Waals surface area contributed by atoms with Crippen molar-refractivity contribution in [3.05, 3.63) is 60.2 Å². The molecule has 3 N–H and O–H groups in total. The maximum Gasteiger partial charge on any atom is 0.181 e. The lowest BCUT2D eigenvalue weighted by molar-refractivity contribution is 1.07. The van der Waals surface area contributed by atoms with Crippen LogP contribution in [0.15, 0.2) is 54.6 Å². The average Bonchev–Trinajstić information content (AvgIpc) is 2.98. The molecule has 4 heteroatoms. The highest BCUT2D eigenvalue weighted by Crippen LogP contribution is 2.20. The van der Waals surface area contributed by atoms with E-state index >= 15 is 0 Å². The van der Waals surface area contributed by atoms with Gasteiger partial charge in [-0.1, -0.05) is 48.5 Å². The Hall–Kier alpha value is -2.46. The maximum atomic E-state index is 5.64. The Kier molecular flexibility index (Phi) is 3.08. The molecule has 94 valence electrons. The fourth-order valence-corrected chi connectivity index (χ4v) is 1.95. The van der Waals surface area contributed by atoms with Crippen LogP contribution < -0.4 is 5.73 Å². The molecule has 0 aliphatic heterocycles. The molecule has 0 bridgehead atoms. The van der Waals surface area contributed by atoms with Crippen molar-refractivity contribution < 1.29 is 0 Å². The summed E-state index contributed by atoms with van der Waals surface area (Å²) in [6, 6.07) is 17.9. The first kappa shape index (κ1) is 11.6. The van der Waals surface area contributed by atoms with Gasteiger partial charge in [-0.2, -0.15) is 5.10 Å². The van der Waals surface area contributed by atoms with Crippen LogP contribution in [0.4, 0.5) is 0 Å². The van der Waals surface area contributed by atoms with E-state index < -0.39 is 0 Å². The SMILES string of the molecule is NCc1cccc(-c2n[nH]c(-c3ccccc3)n2)c1. The van der Waals surface area contributed by atoms with Crippen molar-refractivity contribution in [2.45, 2.75) is 6.54 Å². The highest BCUT2D eigenvalue weighted by Gasteiger charge is 2.07. The Labute approximate surface area is 111 Å². The maximum absolute atomic E-state index is 5.64. The summed E-state index contributed by atoms with van der Waals surface area (Å²) in [5, 5.41) is 7.23. The van der Waals surface area contributed by atoms with Gasteiger partial charge in [-0.15, -0.1) is 0 Å². The molecule has 0 aliphatic carbocycles. The Morgan fingerprint density at radius 1 is 0.947 bits per heavy atom. The number of hydrogen-bond donors (Lipinski definition) is 2. The third kappa shape index (κ3) is 2.39. The number of aromatic nitrogens is 3. The van der Waals surface area contributed by atoms with Gasteiger partial charge >= 0.3 is 0 Å². The quantitative estimate of drug-likeness (QED) is 0.750. The van der Waals surface area contributed by atoms with Crippen LogP contribution in [-0.4, -0.2) is 15.2 Å². The lowest BCUT2D eigenvalue weighted by Crippen LogP contribution is -1.96. The first-order valence-corrected chi connectivity index (χ1v) is 6.14. The second-order valence-electron chi connectivity index (χ2n) is 4.28. The van der Waals surface area contributed by atoms with Gasteiger partial charge in [0.25, 0.3) is 0 Å². The highest BCUT2D eigenvalue weighted by molar-refractivity contribution is 5.61. The molecular formula is C15H14N4. The number of aromatic amines is 1. The van der Waals surface area contributed by atoms with Crippen LogP contribution in [0.2, 0.25) is 0 Å². The Balaban J connectivity index is 1.97. The van der Waals surface area contributed by atoms with E-state index in [1.54, 1.807) is 0 Å². The number of nitrogens with one attached hydrogen (secondary N) is 1. The summed E-state index contributed by atoms with van der Waals surface area (Å²) in [4.78, 5) is 4.52. The fraction of sp³-hybridized carbons (Fsp3) is 0.0667. The van der Waals surface area contributed by atoms with E-state index in [0.29, 0.717) is 12.4 Å². The van der Waals surface area contributed by atoms with Crippen LogP contribution in [0.5, 0.6) is 0 Å². The minimum atomic E-state index is 0.518. The summed E-state index contributed by atoms with van der Waals surface area (Å²) in [7, 11) is 0. The lowest BCUT2D eigenvalue weighted by Gasteiger charge is -1.99. The van der Waals surface area contributed by atoms with Gasteiger partial charge in [0.2, 0.25) is 0 Å². The minimum Gasteiger partial charge on any atom is -0.326 e. The van der Waals surface area contributed by atoms with Crippen molar-refractivity contribution >= 4 is 0 Å². The van der Waals surface area contributed by atoms with Gasteiger partial charge < -0.3 is 5.73 Å². The van der Waals surface area contributed by atoms with Gasteiger partial charge in [-0.05, 0) is 11.6 Å². The van der Waals surface area contributed by atoms with Crippen molar-refractivity contribution in [1.29, 1.82) is 0 Å². The molecule has 0 unspecified atom stereocenters. The van der Waals surface area contributed by atoms with Crippen LogP contribution in [0.1, 0.15) is 5.56 Å². The van der Waals surface area contributed by atoms with Crippen LogP contribution >= 0.6 is 0 Å². The van der Waals surface area contributed by atoms with E-state index in [-0.39, 0.29) is 0 Å². The van der Waals surface area contributed by atoms with Crippen molar-refractivity contribution in [2.24, 2.45) is 5.73 Å². The standard InChI is InChI=1S/C15H14N4/c16-10-11-5-4-8-13(9-11)15-17-14(18-19-15)12-6-2-1-3-7-12/h1-9H,10,16H2,(H,17,18,19). The molecule has 2 aromatic carbocycles. The molecule has 1 heterocycles. The normalized spacial score (nSPS) is 10.6. The zero-order chi connectivity index (χ0) is 13.1. The number of H-pyrrole nitrogens is 1. The van der Waals surface area contributed by atoms with Gasteiger partial charge in [0.05, 0.1) is 0 Å². The zero-order valence-corrected chi connectivity index (χ0v) is 10.4. The average molecular weight is 250 g/mol. The molecule has 1 aromatic heterocycles. The van der Waals surface area contributed by atoms with Crippen molar-refractivity contribution in [3.63, 3.8) is 0 Å². The van der Waals surface area contributed by atoms with Gasteiger partial charge in [-0.25, -0.2) is 4.98 Å². The summed E-state index contributed by atoms with van der Waals surface area (Å²) in [6.45, 7) is 0.518. The summed E-state index contributed by atoms with van der Waals surface area (Å²) in [5.74, 6) is 1.46. The number of benzene rings is 2. The van der Waals surface area contributed by atoms with Crippen LogP contribution in [0.25, 0.3) is 22.8 Å². The van der Waals surface area contributed by atoms with Gasteiger partial charge in [-0.3, -0.25) is 5.10 Å². The van der Waals surface area contributed by atoms with Gasteiger partial charge in [0, 0.05) is 17.7 Å². The van der Waals surface area contributed by atoms with Crippen LogP contribution in [-0.2, 0) is 6.54 Å². The summed E-state index contributed by atoms with van der Waals surface area (Å²) in [5.41, 5.74) is 8.71. The van der Waals surface area contributed by atoms with Crippen molar-refractivity contribution in [2.75, 3.05) is 0 Å². The lowest BCUT2D eigenvalue weighted by atomic mass is 10.1. The summed E-state index contributed by atoms with van der Waals surface area (Å²) in [6.07, 6.45) is 0. The Morgan fingerprint density at radius 3 is 2.53 bits per heavy atom. The molecule has 0 atom stereocenters. The van der Waals surface area contributed by atoms with Crippen molar-refractivity contribution in [3.8, 4) is 22.8 Å². The third-order valence-corrected chi connectivity index (χ3v) is 2.95. The molecular weight excluding hydrogens is 236 g/mol. The zero-order valence-electron chi connectivity index (χ0n) is 10.4. The fourth-order valence-electron chi connectivity index (χ4n) is 1.95. The first-order chi connectivity index (χ1) is 9.36. The van der Waals surface area contributed by atoms with Gasteiger partial charge in [0.1, 0.15) is 0 Å². The monoisotopic (exact) mass is 250 g/mol. The van der Waals surface area contributed by atoms with E-state index in [1.165, 1.54) is 0 Å². The predicted molar refractivity (Wildman–Crippen MR) is 75.1 cm³/mol. The molecule has 3 rings (SSSR count). The summed E-state index contributed by atoms with van der Waals surface area (Å²) < 4.78 is 0. The highest BCUT2D eigenvalue weighted by atomic mass is 15.2. The Morgan fingerprint density at radius 2 is 1.74 bits per heavy atom. The number of rotatable bonds is 3. The molecule has 0 amide bonds. The van der Waals surface area contributed by atoms with Crippen molar-refractivity contribution in [1.82, 2.24) is 15.2 Å². The topological polar surface area (TPSA) is 67.6 Å². The van der Waals surface area contributed by atoms with Crippen LogP contribution in [0, 0.1) is 0 Å². The molecule has 0 saturated carbocycles. The molecule has 0 saturated heterocycles. The Bertz CT molecular complexity index is 673. The molecule has 3 aromatic rings. The molecule has 0 radical (unpaired) electrons. The van der Waals surface area contributed by atoms with Gasteiger partial charge in [0.15, 0.2) is 11.6 Å². The van der Waals surface area contributed by atoms with E-state index in [0.717, 1.165) is 22.5 Å². The van der Waals surface area contributed by atoms with E-state index in [4.69, 9.17) is 5.73 Å². The number of nitrogens with two attached hydrogens (primary N) is 1. The number of hydrogen-bond acceptors (Lipinski definition) is 3. The molecule has 0 fully saturated rings. The number of nitrogens with zero attached hydrogens (tertiary/aromatic N) is 2. The van der Waals surface area contributed by atoms with E-state index in [1.807, 2.05) is 54.6 Å². The molecule has 4 nitrogen and oxygen atoms in total. The molecule has 19 heavy (non-hydrogen) atoms. The minimum absolute atomic E-state index is 0.518. The smallest absolute Gasteiger partial charge is 0.181 e. The molecule has 0 aliphatic rings. The van der Waals surface area contributed by atoms with E-state index in [2.05, 4.69) is 15.2 Å². The van der Waals surface area contributed by atoms with E-state index in [9.17, 15) is 0 Å². The molecule has 0 spiro atoms.